The molecule has 0 spiro atoms. The van der Waals surface area contributed by atoms with Crippen LogP contribution in [0.3, 0.4) is 0 Å². The highest BCUT2D eigenvalue weighted by molar-refractivity contribution is 9.11. The summed E-state index contributed by atoms with van der Waals surface area (Å²) in [6, 6.07) is 13.5. The molecule has 6 aromatic heterocycles. The molecule has 12 rings (SSSR count). The second-order valence-electron chi connectivity index (χ2n) is 19.3. The van der Waals surface area contributed by atoms with Crippen LogP contribution in [0.1, 0.15) is 77.8 Å². The predicted molar refractivity (Wildman–Crippen MR) is 311 cm³/mol. The van der Waals surface area contributed by atoms with Gasteiger partial charge in [-0.15, -0.1) is 0 Å². The summed E-state index contributed by atoms with van der Waals surface area (Å²) in [6.07, 6.45) is 3.66. The third-order valence-corrected chi connectivity index (χ3v) is 16.4. The molecule has 0 fully saturated rings. The number of ether oxygens (including phenoxy) is 6. The molecule has 0 aliphatic carbocycles. The third kappa shape index (κ3) is 12.3. The topological polar surface area (TPSA) is 277 Å². The summed E-state index contributed by atoms with van der Waals surface area (Å²) in [6.45, 7) is 1.61. The molecule has 32 heteroatoms. The molecule has 2 atom stereocenters. The quantitative estimate of drug-likeness (QED) is 0.0733. The molecule has 0 bridgehead atoms. The minimum absolute atomic E-state index is 0.0144. The number of halogens is 6. The van der Waals surface area contributed by atoms with Crippen molar-refractivity contribution in [3.8, 4) is 51.4 Å². The molecule has 3 aromatic carbocycles. The number of hydrogen-bond donors (Lipinski definition) is 1. The van der Waals surface area contributed by atoms with Crippen molar-refractivity contribution in [1.82, 2.24) is 58.0 Å². The van der Waals surface area contributed by atoms with E-state index in [0.29, 0.717) is 87.5 Å². The Morgan fingerprint density at radius 3 is 1.40 bits per heavy atom. The van der Waals surface area contributed by atoms with E-state index in [0.717, 1.165) is 11.9 Å². The van der Waals surface area contributed by atoms with E-state index in [4.69, 9.17) is 32.6 Å². The smallest absolute Gasteiger partial charge is 0.358 e. The number of rotatable bonds is 11. The van der Waals surface area contributed by atoms with Gasteiger partial charge in [0.15, 0.2) is 23.2 Å². The summed E-state index contributed by atoms with van der Waals surface area (Å²) in [5.41, 5.74) is 4.52. The number of fused-ring (bicyclic) bond motifs is 9. The molecule has 3 aliphatic heterocycles. The summed E-state index contributed by atoms with van der Waals surface area (Å²) in [5, 5.41) is 23.4. The van der Waals surface area contributed by atoms with Crippen LogP contribution in [0.4, 0.5) is 13.2 Å². The van der Waals surface area contributed by atoms with Crippen LogP contribution in [0, 0.1) is 17.5 Å². The van der Waals surface area contributed by atoms with Crippen LogP contribution in [0.25, 0.3) is 34.2 Å². The SMILES string of the molecule is COC(=O)c1nc2n(c1C(O)c1ccnn1C)CCOc1cc(F)c(Br)cc1-2.COC(=O)c1nc2n(c1C(OS(C)(=O)=O)c1ccnn1C)CCOc1cc(F)c(Br)cc1-2.COC(=O)c1nc2n(c1Cc1ccnn1C)CCOc1cc(F)c(Br)cc1-2. The zero-order chi connectivity index (χ0) is 62.3. The lowest BCUT2D eigenvalue weighted by molar-refractivity contribution is 0.0580. The molecule has 0 radical (unpaired) electrons. The number of aliphatic hydroxyl groups is 1. The Bertz CT molecular complexity index is 4290. The number of benzene rings is 3. The largest absolute Gasteiger partial charge is 0.491 e. The second kappa shape index (κ2) is 25.3. The van der Waals surface area contributed by atoms with Gasteiger partial charge in [-0.2, -0.15) is 23.7 Å². The van der Waals surface area contributed by atoms with E-state index < -0.39 is 57.7 Å². The molecule has 0 amide bonds. The number of imidazole rings is 3. The maximum atomic E-state index is 14.1. The van der Waals surface area contributed by atoms with Crippen LogP contribution < -0.4 is 14.2 Å². The van der Waals surface area contributed by atoms with Gasteiger partial charge >= 0.3 is 17.9 Å². The van der Waals surface area contributed by atoms with Crippen molar-refractivity contribution in [3.05, 3.63) is 155 Å². The summed E-state index contributed by atoms with van der Waals surface area (Å²) >= 11 is 9.53. The number of methoxy groups -OCH3 is 3. The monoisotopic (exact) mass is 1410 g/mol. The second-order valence-corrected chi connectivity index (χ2v) is 23.5. The van der Waals surface area contributed by atoms with Crippen LogP contribution in [0.5, 0.6) is 17.2 Å². The van der Waals surface area contributed by atoms with Crippen molar-refractivity contribution >= 4 is 75.8 Å². The van der Waals surface area contributed by atoms with Crippen LogP contribution in [-0.2, 0) is 75.7 Å². The first-order valence-electron chi connectivity index (χ1n) is 25.9. The highest BCUT2D eigenvalue weighted by Gasteiger charge is 2.38. The van der Waals surface area contributed by atoms with Gasteiger partial charge in [0, 0.05) is 70.0 Å². The molecule has 0 saturated carbocycles. The van der Waals surface area contributed by atoms with Crippen molar-refractivity contribution in [2.24, 2.45) is 21.1 Å². The lowest BCUT2D eigenvalue weighted by Crippen LogP contribution is -2.22. The van der Waals surface area contributed by atoms with E-state index in [2.05, 4.69) is 78.0 Å². The normalized spacial score (nSPS) is 13.6. The number of carbonyl (C=O) groups excluding carboxylic acids is 3. The highest BCUT2D eigenvalue weighted by atomic mass is 79.9. The van der Waals surface area contributed by atoms with Crippen LogP contribution in [0.15, 0.2) is 86.6 Å². The number of aromatic nitrogens is 12. The number of esters is 3. The third-order valence-electron chi connectivity index (χ3n) is 14.0. The fraction of sp³-hybridized carbons (Fsp3) is 0.291. The predicted octanol–water partition coefficient (Wildman–Crippen LogP) is 7.83. The van der Waals surface area contributed by atoms with Crippen LogP contribution in [-0.4, -0.2) is 137 Å². The molecular formula is C55H50Br3F3N12O13S. The summed E-state index contributed by atoms with van der Waals surface area (Å²) in [5.74, 6) is -1.26. The van der Waals surface area contributed by atoms with Gasteiger partial charge in [0.25, 0.3) is 10.1 Å². The minimum Gasteiger partial charge on any atom is -0.491 e. The molecule has 3 aliphatic rings. The van der Waals surface area contributed by atoms with Crippen molar-refractivity contribution in [3.63, 3.8) is 0 Å². The van der Waals surface area contributed by atoms with E-state index in [-0.39, 0.29) is 68.7 Å². The van der Waals surface area contributed by atoms with Gasteiger partial charge in [-0.1, -0.05) is 0 Å². The van der Waals surface area contributed by atoms with Gasteiger partial charge < -0.3 is 47.2 Å². The molecule has 2 unspecified atom stereocenters. The number of aryl methyl sites for hydroxylation is 3. The number of nitrogens with zero attached hydrogens (tertiary/aromatic N) is 12. The standard InChI is InChI=1S/C19H18BrFN4O6S.C18H16BrFN4O4.C18H16BrFN4O3/c1-24-13(4-5-22-24)17(31-32(3,27)28)16-15(19(26)29-2)23-18-10-8-11(20)12(21)9-14(10)30-7-6-25(16)18;1-23-12(3-4-21-23)16(25)15-14(18(26)27-2)22-17-9-7-10(19)11(20)8-13(9)28-6-5-24(15)17;1-23-10(3-4-21-23)7-14-16(18(25)26-2)22-17-11-8-12(19)13(20)9-15(11)27-6-5-24(14)17/h4-5,8-9,17H,6-7H2,1-3H3;3-4,7-8,16,25H,5-6H2,1-2H3;3-4,8-9H,5-7H2,1-2H3. The molecule has 87 heavy (non-hydrogen) atoms. The molecule has 0 saturated heterocycles. The Labute approximate surface area is 518 Å². The zero-order valence-electron chi connectivity index (χ0n) is 46.9. The minimum atomic E-state index is -3.97. The fourth-order valence-corrected chi connectivity index (χ4v) is 11.6. The van der Waals surface area contributed by atoms with E-state index in [1.807, 2.05) is 17.7 Å². The number of carbonyl (C=O) groups is 3. The van der Waals surface area contributed by atoms with E-state index >= 15 is 0 Å². The summed E-state index contributed by atoms with van der Waals surface area (Å²) in [7, 11) is 4.93. The first-order chi connectivity index (χ1) is 41.5. The highest BCUT2D eigenvalue weighted by Crippen LogP contribution is 2.43. The molecule has 25 nitrogen and oxygen atoms in total. The molecule has 456 valence electrons. The maximum Gasteiger partial charge on any atom is 0.358 e. The molecule has 9 aromatic rings. The summed E-state index contributed by atoms with van der Waals surface area (Å²) in [4.78, 5) is 50.8. The Kier molecular flexibility index (Phi) is 18.0. The van der Waals surface area contributed by atoms with E-state index in [1.54, 1.807) is 58.5 Å². The lowest BCUT2D eigenvalue weighted by atomic mass is 10.1. The van der Waals surface area contributed by atoms with Gasteiger partial charge in [-0.3, -0.25) is 18.2 Å². The van der Waals surface area contributed by atoms with Crippen molar-refractivity contribution in [2.75, 3.05) is 47.4 Å². The maximum absolute atomic E-state index is 14.1. The Hall–Kier alpha value is -8.17. The Morgan fingerprint density at radius 2 is 0.977 bits per heavy atom. The van der Waals surface area contributed by atoms with E-state index in [9.17, 15) is 41.1 Å². The van der Waals surface area contributed by atoms with Gasteiger partial charge in [0.1, 0.15) is 78.1 Å². The van der Waals surface area contributed by atoms with Crippen LogP contribution >= 0.6 is 47.8 Å². The van der Waals surface area contributed by atoms with Gasteiger partial charge in [-0.25, -0.2) is 42.5 Å². The molecule has 1 N–H and O–H groups in total. The van der Waals surface area contributed by atoms with Crippen molar-refractivity contribution < 1.29 is 73.7 Å². The average Bonchev–Trinajstić information content (AvgIpc) is 1.68. The first kappa shape index (κ1) is 61.9. The van der Waals surface area contributed by atoms with E-state index in [1.165, 1.54) is 67.2 Å². The van der Waals surface area contributed by atoms with Crippen LogP contribution in [0.2, 0.25) is 0 Å². The van der Waals surface area contributed by atoms with Gasteiger partial charge in [0.2, 0.25) is 0 Å². The lowest BCUT2D eigenvalue weighted by Gasteiger charge is -2.20. The summed E-state index contributed by atoms with van der Waals surface area (Å²) < 4.78 is 114. The first-order valence-corrected chi connectivity index (χ1v) is 30.1. The number of aliphatic hydroxyl groups excluding tert-OH is 1. The van der Waals surface area contributed by atoms with Gasteiger partial charge in [-0.05, 0) is 84.2 Å². The fourth-order valence-electron chi connectivity index (χ4n) is 10.0. The number of hydrogen-bond acceptors (Lipinski definition) is 19. The average molecular weight is 1420 g/mol. The van der Waals surface area contributed by atoms with Gasteiger partial charge in [0.05, 0.1) is 106 Å². The Balaban J connectivity index is 0.000000145. The molecule has 9 heterocycles. The van der Waals surface area contributed by atoms with Crippen molar-refractivity contribution in [1.29, 1.82) is 0 Å². The Morgan fingerprint density at radius 1 is 0.586 bits per heavy atom. The van der Waals surface area contributed by atoms with Crippen molar-refractivity contribution in [2.45, 2.75) is 38.3 Å². The zero-order valence-corrected chi connectivity index (χ0v) is 52.5. The molecular weight excluding hydrogens is 1370 g/mol.